The van der Waals surface area contributed by atoms with E-state index in [2.05, 4.69) is 20.4 Å². The van der Waals surface area contributed by atoms with Crippen molar-refractivity contribution in [1.82, 2.24) is 19.7 Å². The van der Waals surface area contributed by atoms with Crippen LogP contribution in [0.5, 0.6) is 0 Å². The summed E-state index contributed by atoms with van der Waals surface area (Å²) in [6.45, 7) is 1.79. The number of carbonyl (C=O) groups excluding carboxylic acids is 1. The number of furan rings is 1. The van der Waals surface area contributed by atoms with Gasteiger partial charge in [-0.3, -0.25) is 10.1 Å². The Morgan fingerprint density at radius 2 is 2.27 bits per heavy atom. The van der Waals surface area contributed by atoms with Crippen molar-refractivity contribution >= 4 is 43.2 Å². The number of amides is 1. The van der Waals surface area contributed by atoms with E-state index in [4.69, 9.17) is 4.42 Å². The van der Waals surface area contributed by atoms with Gasteiger partial charge in [-0.25, -0.2) is 23.1 Å². The van der Waals surface area contributed by atoms with Crippen LogP contribution >= 0.6 is 11.3 Å². The molecule has 0 radical (unpaired) electrons. The smallest absolute Gasteiger partial charge is 0.258 e. The molecule has 1 aliphatic heterocycles. The molecule has 5 heterocycles. The lowest BCUT2D eigenvalue weighted by atomic mass is 10.1. The second kappa shape index (κ2) is 7.03. The van der Waals surface area contributed by atoms with Gasteiger partial charge in [0.15, 0.2) is 26.4 Å². The van der Waals surface area contributed by atoms with Crippen molar-refractivity contribution in [3.63, 3.8) is 0 Å². The number of sulfone groups is 1. The van der Waals surface area contributed by atoms with Crippen LogP contribution in [0, 0.1) is 6.92 Å². The zero-order chi connectivity index (χ0) is 20.9. The average Bonchev–Trinajstić information content (AvgIpc) is 3.49. The van der Waals surface area contributed by atoms with Gasteiger partial charge in [-0.2, -0.15) is 5.10 Å². The summed E-state index contributed by atoms with van der Waals surface area (Å²) in [5.74, 6) is 0.292. The van der Waals surface area contributed by atoms with Gasteiger partial charge in [0.25, 0.3) is 5.91 Å². The van der Waals surface area contributed by atoms with E-state index in [1.54, 1.807) is 41.4 Å². The fraction of sp³-hybridized carbons (Fsp3) is 0.263. The zero-order valence-corrected chi connectivity index (χ0v) is 17.5. The number of thiazole rings is 1. The first kappa shape index (κ1) is 18.9. The maximum atomic E-state index is 13.1. The van der Waals surface area contributed by atoms with Crippen LogP contribution in [0.1, 0.15) is 28.5 Å². The predicted octanol–water partition coefficient (Wildman–Crippen LogP) is 3.07. The van der Waals surface area contributed by atoms with Gasteiger partial charge in [0, 0.05) is 11.6 Å². The Labute approximate surface area is 175 Å². The van der Waals surface area contributed by atoms with Crippen LogP contribution in [0.4, 0.5) is 5.13 Å². The number of rotatable bonds is 4. The molecule has 154 valence electrons. The lowest BCUT2D eigenvalue weighted by Crippen LogP contribution is -2.15. The van der Waals surface area contributed by atoms with Crippen LogP contribution in [0.3, 0.4) is 0 Å². The molecular formula is C19H17N5O4S2. The zero-order valence-electron chi connectivity index (χ0n) is 15.9. The van der Waals surface area contributed by atoms with E-state index >= 15 is 0 Å². The largest absolute Gasteiger partial charge is 0.463 e. The molecule has 1 atom stereocenters. The molecule has 1 aliphatic rings. The molecule has 1 saturated heterocycles. The molecule has 1 N–H and O–H groups in total. The number of nitrogens with zero attached hydrogens (tertiary/aromatic N) is 4. The minimum Gasteiger partial charge on any atom is -0.463 e. The Hall–Kier alpha value is -3.05. The molecule has 5 rings (SSSR count). The summed E-state index contributed by atoms with van der Waals surface area (Å²) < 4.78 is 31.2. The third-order valence-electron chi connectivity index (χ3n) is 5.06. The van der Waals surface area contributed by atoms with Crippen molar-refractivity contribution in [2.45, 2.75) is 19.4 Å². The number of aryl methyl sites for hydroxylation is 1. The summed E-state index contributed by atoms with van der Waals surface area (Å²) in [6, 6.07) is 4.84. The van der Waals surface area contributed by atoms with Crippen molar-refractivity contribution in [2.24, 2.45) is 0 Å². The monoisotopic (exact) mass is 443 g/mol. The molecule has 11 heteroatoms. The van der Waals surface area contributed by atoms with Gasteiger partial charge in [0.1, 0.15) is 5.69 Å². The molecule has 4 aromatic rings. The van der Waals surface area contributed by atoms with Gasteiger partial charge in [0.05, 0.1) is 40.5 Å². The van der Waals surface area contributed by atoms with Gasteiger partial charge in [0.2, 0.25) is 0 Å². The number of fused-ring (bicyclic) bond motifs is 1. The molecule has 0 saturated carbocycles. The standard InChI is InChI=1S/C19H17N5O4S2/c1-11-16-13(18(25)22-19-20-5-7-29-19)9-14(15-3-2-6-28-15)21-17(16)24(23-11)12-4-8-30(26,27)10-12/h2-3,5-7,9,12H,4,8,10H2,1H3,(H,20,22,25). The molecule has 1 amide bonds. The highest BCUT2D eigenvalue weighted by molar-refractivity contribution is 7.91. The Morgan fingerprint density at radius 3 is 2.93 bits per heavy atom. The van der Waals surface area contributed by atoms with Crippen molar-refractivity contribution in [3.8, 4) is 11.5 Å². The number of hydrogen-bond acceptors (Lipinski definition) is 8. The summed E-state index contributed by atoms with van der Waals surface area (Å²) in [6.07, 6.45) is 3.61. The van der Waals surface area contributed by atoms with E-state index in [1.807, 2.05) is 0 Å². The lowest BCUT2D eigenvalue weighted by molar-refractivity contribution is 0.102. The number of anilines is 1. The van der Waals surface area contributed by atoms with Crippen LogP contribution in [-0.2, 0) is 9.84 Å². The summed E-state index contributed by atoms with van der Waals surface area (Å²) in [7, 11) is -3.11. The third kappa shape index (κ3) is 3.29. The van der Waals surface area contributed by atoms with Crippen molar-refractivity contribution in [2.75, 3.05) is 16.8 Å². The Kier molecular flexibility index (Phi) is 4.44. The first-order valence-corrected chi connectivity index (χ1v) is 12.0. The molecule has 0 spiro atoms. The molecule has 0 bridgehead atoms. The summed E-state index contributed by atoms with van der Waals surface area (Å²) in [5.41, 5.74) is 1.93. The van der Waals surface area contributed by atoms with Crippen LogP contribution < -0.4 is 5.32 Å². The van der Waals surface area contributed by atoms with Crippen molar-refractivity contribution in [1.29, 1.82) is 0 Å². The second-order valence-corrected chi connectivity index (χ2v) is 10.2. The molecule has 1 fully saturated rings. The number of nitrogens with one attached hydrogen (secondary N) is 1. The van der Waals surface area contributed by atoms with E-state index in [0.29, 0.717) is 45.3 Å². The Morgan fingerprint density at radius 1 is 1.40 bits per heavy atom. The maximum Gasteiger partial charge on any atom is 0.258 e. The Balaban J connectivity index is 1.69. The highest BCUT2D eigenvalue weighted by Crippen LogP contribution is 2.32. The fourth-order valence-electron chi connectivity index (χ4n) is 3.72. The van der Waals surface area contributed by atoms with Gasteiger partial charge in [-0.1, -0.05) is 0 Å². The molecule has 9 nitrogen and oxygen atoms in total. The Bertz CT molecular complexity index is 1340. The second-order valence-electron chi connectivity index (χ2n) is 7.11. The van der Waals surface area contributed by atoms with E-state index in [1.165, 1.54) is 17.6 Å². The molecular weight excluding hydrogens is 426 g/mol. The van der Waals surface area contributed by atoms with Gasteiger partial charge in [-0.05, 0) is 31.5 Å². The first-order chi connectivity index (χ1) is 14.4. The van der Waals surface area contributed by atoms with Gasteiger partial charge in [-0.15, -0.1) is 11.3 Å². The normalized spacial score (nSPS) is 18.1. The maximum absolute atomic E-state index is 13.1. The highest BCUT2D eigenvalue weighted by atomic mass is 32.2. The quantitative estimate of drug-likeness (QED) is 0.515. The molecule has 0 aliphatic carbocycles. The third-order valence-corrected chi connectivity index (χ3v) is 7.50. The average molecular weight is 444 g/mol. The number of pyridine rings is 1. The fourth-order valence-corrected chi connectivity index (χ4v) is 5.93. The van der Waals surface area contributed by atoms with E-state index < -0.39 is 9.84 Å². The van der Waals surface area contributed by atoms with Crippen molar-refractivity contribution < 1.29 is 17.6 Å². The van der Waals surface area contributed by atoms with E-state index in [0.717, 1.165) is 0 Å². The van der Waals surface area contributed by atoms with Gasteiger partial charge < -0.3 is 4.42 Å². The van der Waals surface area contributed by atoms with E-state index in [-0.39, 0.29) is 23.5 Å². The van der Waals surface area contributed by atoms with Crippen molar-refractivity contribution in [3.05, 3.63) is 47.3 Å². The number of carbonyl (C=O) groups is 1. The molecule has 30 heavy (non-hydrogen) atoms. The van der Waals surface area contributed by atoms with Crippen LogP contribution in [-0.4, -0.2) is 45.6 Å². The highest BCUT2D eigenvalue weighted by Gasteiger charge is 2.32. The minimum atomic E-state index is -3.11. The van der Waals surface area contributed by atoms with Crippen LogP contribution in [0.2, 0.25) is 0 Å². The van der Waals surface area contributed by atoms with Gasteiger partial charge >= 0.3 is 0 Å². The predicted molar refractivity (Wildman–Crippen MR) is 112 cm³/mol. The number of hydrogen-bond donors (Lipinski definition) is 1. The molecule has 0 aromatic carbocycles. The SMILES string of the molecule is Cc1nn(C2CCS(=O)(=O)C2)c2nc(-c3ccco3)cc(C(=O)Nc3nccs3)c12. The van der Waals surface area contributed by atoms with Crippen LogP contribution in [0.25, 0.3) is 22.5 Å². The minimum absolute atomic E-state index is 0.0104. The van der Waals surface area contributed by atoms with E-state index in [9.17, 15) is 13.2 Å². The first-order valence-electron chi connectivity index (χ1n) is 9.26. The molecule has 4 aromatic heterocycles. The summed E-state index contributed by atoms with van der Waals surface area (Å²) in [4.78, 5) is 21.9. The topological polar surface area (TPSA) is 120 Å². The summed E-state index contributed by atoms with van der Waals surface area (Å²) in [5, 5.41) is 10.2. The summed E-state index contributed by atoms with van der Waals surface area (Å²) >= 11 is 1.32. The van der Waals surface area contributed by atoms with Crippen LogP contribution in [0.15, 0.2) is 40.5 Å². The number of aromatic nitrogens is 4. The molecule has 1 unspecified atom stereocenters. The lowest BCUT2D eigenvalue weighted by Gasteiger charge is -2.11.